The topological polar surface area (TPSA) is 51.0 Å². The molecule has 6 heteroatoms. The number of benzene rings is 1. The Labute approximate surface area is 119 Å². The average molecular weight is 328 g/mol. The number of hydrogen-bond acceptors (Lipinski definition) is 4. The fourth-order valence-corrected chi connectivity index (χ4v) is 2.33. The van der Waals surface area contributed by atoms with Crippen molar-refractivity contribution in [2.75, 3.05) is 6.54 Å². The van der Waals surface area contributed by atoms with Crippen molar-refractivity contribution in [3.8, 4) is 11.4 Å². The van der Waals surface area contributed by atoms with Crippen LogP contribution < -0.4 is 5.32 Å². The third-order valence-electron chi connectivity index (χ3n) is 2.67. The van der Waals surface area contributed by atoms with Crippen LogP contribution in [0.2, 0.25) is 0 Å². The first-order chi connectivity index (χ1) is 9.10. The smallest absolute Gasteiger partial charge is 0.228 e. The first kappa shape index (κ1) is 14.1. The molecule has 0 radical (unpaired) electrons. The van der Waals surface area contributed by atoms with Gasteiger partial charge in [0.2, 0.25) is 11.7 Å². The number of likely N-dealkylation sites (N-methyl/N-ethyl adjacent to an activating group) is 1. The van der Waals surface area contributed by atoms with E-state index in [1.165, 1.54) is 12.1 Å². The lowest BCUT2D eigenvalue weighted by Gasteiger charge is -2.07. The predicted molar refractivity (Wildman–Crippen MR) is 74.2 cm³/mol. The maximum Gasteiger partial charge on any atom is 0.228 e. The lowest BCUT2D eigenvalue weighted by molar-refractivity contribution is 0.363. The summed E-state index contributed by atoms with van der Waals surface area (Å²) in [5.41, 5.74) is 0.715. The molecule has 2 aromatic rings. The van der Waals surface area contributed by atoms with Gasteiger partial charge in [0.05, 0.1) is 0 Å². The van der Waals surface area contributed by atoms with Gasteiger partial charge in [0.1, 0.15) is 5.82 Å². The highest BCUT2D eigenvalue weighted by Crippen LogP contribution is 2.26. The molecule has 0 aliphatic rings. The molecule has 1 aromatic heterocycles. The van der Waals surface area contributed by atoms with E-state index in [0.717, 1.165) is 6.54 Å². The summed E-state index contributed by atoms with van der Waals surface area (Å²) in [6, 6.07) is 4.65. The third kappa shape index (κ3) is 3.61. The van der Waals surface area contributed by atoms with Crippen LogP contribution in [0.4, 0.5) is 4.39 Å². The standard InChI is InChI=1S/C13H15BrFN3O/c1-3-16-8(2)6-12-17-13(18-19-12)10-5-4-9(15)7-11(10)14/h4-5,7-8,16H,3,6H2,1-2H3. The first-order valence-electron chi connectivity index (χ1n) is 6.11. The Morgan fingerprint density at radius 3 is 2.95 bits per heavy atom. The summed E-state index contributed by atoms with van der Waals surface area (Å²) in [5, 5.41) is 7.20. The Morgan fingerprint density at radius 1 is 1.47 bits per heavy atom. The number of aromatic nitrogens is 2. The monoisotopic (exact) mass is 327 g/mol. The van der Waals surface area contributed by atoms with E-state index in [-0.39, 0.29) is 11.9 Å². The highest BCUT2D eigenvalue weighted by Gasteiger charge is 2.13. The molecule has 0 bridgehead atoms. The van der Waals surface area contributed by atoms with E-state index in [4.69, 9.17) is 4.52 Å². The number of nitrogens with zero attached hydrogens (tertiary/aromatic N) is 2. The second kappa shape index (κ2) is 6.25. The molecule has 2 rings (SSSR count). The lowest BCUT2D eigenvalue weighted by Crippen LogP contribution is -2.27. The molecule has 102 valence electrons. The summed E-state index contributed by atoms with van der Waals surface area (Å²) in [6.45, 7) is 5.00. The molecule has 1 unspecified atom stereocenters. The average Bonchev–Trinajstić information content (AvgIpc) is 2.77. The maximum absolute atomic E-state index is 13.0. The largest absolute Gasteiger partial charge is 0.339 e. The van der Waals surface area contributed by atoms with Gasteiger partial charge in [-0.25, -0.2) is 4.39 Å². The summed E-state index contributed by atoms with van der Waals surface area (Å²) >= 11 is 3.29. The molecule has 1 aromatic carbocycles. The minimum Gasteiger partial charge on any atom is -0.339 e. The Morgan fingerprint density at radius 2 is 2.26 bits per heavy atom. The zero-order valence-corrected chi connectivity index (χ0v) is 12.4. The molecule has 4 nitrogen and oxygen atoms in total. The SMILES string of the molecule is CCNC(C)Cc1nc(-c2ccc(F)cc2Br)no1. The van der Waals surface area contributed by atoms with Crippen LogP contribution in [-0.2, 0) is 6.42 Å². The van der Waals surface area contributed by atoms with Crippen molar-refractivity contribution < 1.29 is 8.91 Å². The van der Waals surface area contributed by atoms with E-state index in [0.29, 0.717) is 28.2 Å². The summed E-state index contributed by atoms with van der Waals surface area (Å²) < 4.78 is 18.8. The fraction of sp³-hybridized carbons (Fsp3) is 0.385. The van der Waals surface area contributed by atoms with Crippen LogP contribution in [0.15, 0.2) is 27.2 Å². The number of halogens is 2. The van der Waals surface area contributed by atoms with Crippen LogP contribution in [0.1, 0.15) is 19.7 Å². The van der Waals surface area contributed by atoms with Gasteiger partial charge >= 0.3 is 0 Å². The van der Waals surface area contributed by atoms with Crippen LogP contribution >= 0.6 is 15.9 Å². The summed E-state index contributed by atoms with van der Waals surface area (Å²) in [4.78, 5) is 4.32. The minimum absolute atomic E-state index is 0.273. The highest BCUT2D eigenvalue weighted by atomic mass is 79.9. The van der Waals surface area contributed by atoms with Gasteiger partial charge in [0.15, 0.2) is 0 Å². The van der Waals surface area contributed by atoms with Gasteiger partial charge in [-0.15, -0.1) is 0 Å². The molecule has 1 atom stereocenters. The summed E-state index contributed by atoms with van der Waals surface area (Å²) in [6.07, 6.45) is 0.666. The number of rotatable bonds is 5. The lowest BCUT2D eigenvalue weighted by atomic mass is 10.2. The van der Waals surface area contributed by atoms with Gasteiger partial charge in [0, 0.05) is 22.5 Å². The van der Waals surface area contributed by atoms with Crippen LogP contribution in [0.5, 0.6) is 0 Å². The molecular weight excluding hydrogens is 313 g/mol. The van der Waals surface area contributed by atoms with E-state index >= 15 is 0 Å². The van der Waals surface area contributed by atoms with Crippen molar-refractivity contribution >= 4 is 15.9 Å². The zero-order chi connectivity index (χ0) is 13.8. The Balaban J connectivity index is 2.16. The maximum atomic E-state index is 13.0. The molecule has 0 amide bonds. The van der Waals surface area contributed by atoms with Crippen molar-refractivity contribution in [1.29, 1.82) is 0 Å². The predicted octanol–water partition coefficient (Wildman–Crippen LogP) is 3.18. The van der Waals surface area contributed by atoms with Gasteiger partial charge in [0.25, 0.3) is 0 Å². The van der Waals surface area contributed by atoms with Crippen molar-refractivity contribution in [3.05, 3.63) is 34.4 Å². The second-order valence-corrected chi connectivity index (χ2v) is 5.15. The molecule has 1 N–H and O–H groups in total. The Kier molecular flexibility index (Phi) is 4.66. The van der Waals surface area contributed by atoms with Gasteiger partial charge in [-0.1, -0.05) is 12.1 Å². The van der Waals surface area contributed by atoms with Crippen molar-refractivity contribution in [2.45, 2.75) is 26.3 Å². The van der Waals surface area contributed by atoms with E-state index in [1.807, 2.05) is 6.92 Å². The third-order valence-corrected chi connectivity index (χ3v) is 3.33. The van der Waals surface area contributed by atoms with Crippen molar-refractivity contribution in [3.63, 3.8) is 0 Å². The Hall–Kier alpha value is -1.27. The van der Waals surface area contributed by atoms with E-state index in [1.54, 1.807) is 6.07 Å². The molecule has 0 saturated heterocycles. The molecule has 0 aliphatic heterocycles. The summed E-state index contributed by atoms with van der Waals surface area (Å²) in [5.74, 6) is 0.727. The quantitative estimate of drug-likeness (QED) is 0.916. The molecule has 0 fully saturated rings. The molecule has 0 saturated carbocycles. The molecule has 1 heterocycles. The second-order valence-electron chi connectivity index (χ2n) is 4.30. The molecule has 19 heavy (non-hydrogen) atoms. The normalized spacial score (nSPS) is 12.6. The van der Waals surface area contributed by atoms with Crippen molar-refractivity contribution in [1.82, 2.24) is 15.5 Å². The van der Waals surface area contributed by atoms with Gasteiger partial charge in [-0.2, -0.15) is 4.98 Å². The fourth-order valence-electron chi connectivity index (χ4n) is 1.80. The van der Waals surface area contributed by atoms with Gasteiger partial charge in [-0.3, -0.25) is 0 Å². The summed E-state index contributed by atoms with van der Waals surface area (Å²) in [7, 11) is 0. The molecule has 0 spiro atoms. The van der Waals surface area contributed by atoms with Crippen LogP contribution in [0.3, 0.4) is 0 Å². The van der Waals surface area contributed by atoms with Crippen LogP contribution in [0, 0.1) is 5.82 Å². The minimum atomic E-state index is -0.305. The highest BCUT2D eigenvalue weighted by molar-refractivity contribution is 9.10. The Bertz CT molecular complexity index is 559. The van der Waals surface area contributed by atoms with E-state index in [9.17, 15) is 4.39 Å². The molecular formula is C13H15BrFN3O. The zero-order valence-electron chi connectivity index (χ0n) is 10.8. The number of nitrogens with one attached hydrogen (secondary N) is 1. The van der Waals surface area contributed by atoms with Crippen LogP contribution in [-0.4, -0.2) is 22.7 Å². The van der Waals surface area contributed by atoms with Gasteiger partial charge < -0.3 is 9.84 Å². The van der Waals surface area contributed by atoms with E-state index in [2.05, 4.69) is 38.3 Å². The number of hydrogen-bond donors (Lipinski definition) is 1. The van der Waals surface area contributed by atoms with Crippen molar-refractivity contribution in [2.24, 2.45) is 0 Å². The molecule has 0 aliphatic carbocycles. The van der Waals surface area contributed by atoms with Crippen LogP contribution in [0.25, 0.3) is 11.4 Å². The van der Waals surface area contributed by atoms with Gasteiger partial charge in [-0.05, 0) is 47.6 Å². The first-order valence-corrected chi connectivity index (χ1v) is 6.91. The van der Waals surface area contributed by atoms with E-state index < -0.39 is 0 Å².